The molecule has 4 nitrogen and oxygen atoms in total. The molecule has 1 fully saturated rings. The molecule has 2 aromatic rings. The number of benzene rings is 1. The summed E-state index contributed by atoms with van der Waals surface area (Å²) in [5.74, 6) is 0. The summed E-state index contributed by atoms with van der Waals surface area (Å²) in [5.41, 5.74) is 3.50. The fourth-order valence-electron chi connectivity index (χ4n) is 4.51. The lowest BCUT2D eigenvalue weighted by Gasteiger charge is -2.40. The Kier molecular flexibility index (Phi) is 4.37. The summed E-state index contributed by atoms with van der Waals surface area (Å²) in [5, 5.41) is 10.7. The van der Waals surface area contributed by atoms with E-state index in [2.05, 4.69) is 41.1 Å². The van der Waals surface area contributed by atoms with Crippen molar-refractivity contribution in [1.82, 2.24) is 9.88 Å². The summed E-state index contributed by atoms with van der Waals surface area (Å²) in [6.07, 6.45) is 5.45. The highest BCUT2D eigenvalue weighted by atomic mass is 16.5. The van der Waals surface area contributed by atoms with Crippen LogP contribution in [0.2, 0.25) is 0 Å². The zero-order valence-electron chi connectivity index (χ0n) is 14.6. The Morgan fingerprint density at radius 1 is 1.29 bits per heavy atom. The number of ether oxygens (including phenoxy) is 1. The Morgan fingerprint density at radius 3 is 2.88 bits per heavy atom. The number of para-hydroxylation sites is 1. The first kappa shape index (κ1) is 16.1. The molecule has 2 aliphatic rings. The normalized spacial score (nSPS) is 27.7. The lowest BCUT2D eigenvalue weighted by molar-refractivity contribution is -0.115. The van der Waals surface area contributed by atoms with Gasteiger partial charge in [0.2, 0.25) is 0 Å². The highest BCUT2D eigenvalue weighted by molar-refractivity contribution is 5.85. The number of fused-ring (bicyclic) bond motifs is 3. The highest BCUT2D eigenvalue weighted by Gasteiger charge is 2.40. The van der Waals surface area contributed by atoms with Gasteiger partial charge in [0, 0.05) is 30.5 Å². The third-order valence-corrected chi connectivity index (χ3v) is 5.67. The Bertz CT molecular complexity index is 705. The molecular weight excluding hydrogens is 300 g/mol. The van der Waals surface area contributed by atoms with E-state index in [0.717, 1.165) is 25.8 Å². The number of nitrogens with one attached hydrogen (secondary N) is 1. The molecule has 3 heterocycles. The predicted molar refractivity (Wildman–Crippen MR) is 96.2 cm³/mol. The van der Waals surface area contributed by atoms with Gasteiger partial charge in [-0.2, -0.15) is 0 Å². The van der Waals surface area contributed by atoms with E-state index >= 15 is 0 Å². The van der Waals surface area contributed by atoms with E-state index in [9.17, 15) is 5.11 Å². The summed E-state index contributed by atoms with van der Waals surface area (Å²) >= 11 is 0. The Hall–Kier alpha value is -1.36. The van der Waals surface area contributed by atoms with Crippen molar-refractivity contribution in [2.75, 3.05) is 26.2 Å². The SMILES string of the molecule is CC1(CCCO)OC(CN2CCCC2)Cc2c1[nH]c1ccccc21. The van der Waals surface area contributed by atoms with Crippen LogP contribution in [0.15, 0.2) is 24.3 Å². The van der Waals surface area contributed by atoms with Crippen LogP contribution in [0.5, 0.6) is 0 Å². The second kappa shape index (κ2) is 6.51. The number of likely N-dealkylation sites (tertiary alicyclic amines) is 1. The zero-order valence-corrected chi connectivity index (χ0v) is 14.6. The van der Waals surface area contributed by atoms with E-state index in [0.29, 0.717) is 0 Å². The molecule has 24 heavy (non-hydrogen) atoms. The van der Waals surface area contributed by atoms with Crippen molar-refractivity contribution in [2.45, 2.75) is 50.7 Å². The van der Waals surface area contributed by atoms with Crippen LogP contribution in [-0.2, 0) is 16.8 Å². The second-order valence-corrected chi connectivity index (χ2v) is 7.53. The summed E-state index contributed by atoms with van der Waals surface area (Å²) < 4.78 is 6.61. The zero-order chi connectivity index (χ0) is 16.6. The molecular formula is C20H28N2O2. The van der Waals surface area contributed by atoms with Gasteiger partial charge in [-0.1, -0.05) is 18.2 Å². The number of aromatic amines is 1. The third kappa shape index (κ3) is 2.87. The van der Waals surface area contributed by atoms with E-state index in [-0.39, 0.29) is 18.3 Å². The van der Waals surface area contributed by atoms with Gasteiger partial charge in [-0.15, -0.1) is 0 Å². The summed E-state index contributed by atoms with van der Waals surface area (Å²) in [6, 6.07) is 8.56. The average molecular weight is 328 g/mol. The molecule has 4 rings (SSSR count). The van der Waals surface area contributed by atoms with E-state index in [1.807, 2.05) is 0 Å². The molecule has 0 saturated carbocycles. The number of nitrogens with zero attached hydrogens (tertiary/aromatic N) is 1. The first-order valence-corrected chi connectivity index (χ1v) is 9.31. The minimum absolute atomic E-state index is 0.214. The highest BCUT2D eigenvalue weighted by Crippen LogP contribution is 2.41. The van der Waals surface area contributed by atoms with Gasteiger partial charge in [0.05, 0.1) is 11.8 Å². The molecule has 1 aromatic carbocycles. The minimum atomic E-state index is -0.334. The van der Waals surface area contributed by atoms with Crippen molar-refractivity contribution in [3.05, 3.63) is 35.5 Å². The first-order valence-electron chi connectivity index (χ1n) is 9.31. The van der Waals surface area contributed by atoms with E-state index < -0.39 is 0 Å². The molecule has 0 aliphatic carbocycles. The quantitative estimate of drug-likeness (QED) is 0.886. The number of hydrogen-bond acceptors (Lipinski definition) is 3. The summed E-state index contributed by atoms with van der Waals surface area (Å²) in [7, 11) is 0. The maximum absolute atomic E-state index is 9.32. The molecule has 1 aromatic heterocycles. The Morgan fingerprint density at radius 2 is 2.08 bits per heavy atom. The van der Waals surface area contributed by atoms with Gasteiger partial charge in [-0.25, -0.2) is 0 Å². The predicted octanol–water partition coefficient (Wildman–Crippen LogP) is 3.19. The standard InChI is InChI=1S/C20H28N2O2/c1-20(9-6-12-23)19-17(16-7-2-3-8-18(16)21-19)13-15(24-20)14-22-10-4-5-11-22/h2-3,7-8,15,21,23H,4-6,9-14H2,1H3. The maximum atomic E-state index is 9.32. The second-order valence-electron chi connectivity index (χ2n) is 7.53. The number of hydrogen-bond donors (Lipinski definition) is 2. The minimum Gasteiger partial charge on any atom is -0.396 e. The number of aromatic nitrogens is 1. The Labute approximate surface area is 143 Å². The van der Waals surface area contributed by atoms with Crippen molar-refractivity contribution < 1.29 is 9.84 Å². The topological polar surface area (TPSA) is 48.5 Å². The Balaban J connectivity index is 1.68. The van der Waals surface area contributed by atoms with Crippen LogP contribution in [0.3, 0.4) is 0 Å². The van der Waals surface area contributed by atoms with Crippen molar-refractivity contribution in [1.29, 1.82) is 0 Å². The fourth-order valence-corrected chi connectivity index (χ4v) is 4.51. The van der Waals surface area contributed by atoms with Gasteiger partial charge in [0.15, 0.2) is 0 Å². The number of rotatable bonds is 5. The molecule has 4 heteroatoms. The van der Waals surface area contributed by atoms with Gasteiger partial charge < -0.3 is 19.7 Å². The molecule has 2 N–H and O–H groups in total. The molecule has 0 radical (unpaired) electrons. The number of H-pyrrole nitrogens is 1. The lowest BCUT2D eigenvalue weighted by Crippen LogP contribution is -2.43. The van der Waals surface area contributed by atoms with Crippen molar-refractivity contribution in [3.63, 3.8) is 0 Å². The van der Waals surface area contributed by atoms with Gasteiger partial charge in [-0.05, 0) is 57.3 Å². The van der Waals surface area contributed by atoms with Gasteiger partial charge in [0.25, 0.3) is 0 Å². The maximum Gasteiger partial charge on any atom is 0.106 e. The van der Waals surface area contributed by atoms with E-state index in [1.165, 1.54) is 48.1 Å². The fraction of sp³-hybridized carbons (Fsp3) is 0.600. The van der Waals surface area contributed by atoms with Crippen molar-refractivity contribution in [3.8, 4) is 0 Å². The summed E-state index contributed by atoms with van der Waals surface area (Å²) in [4.78, 5) is 6.15. The molecule has 1 saturated heterocycles. The molecule has 130 valence electrons. The summed E-state index contributed by atoms with van der Waals surface area (Å²) in [6.45, 7) is 5.83. The number of aliphatic hydroxyl groups is 1. The lowest BCUT2D eigenvalue weighted by atomic mass is 9.87. The van der Waals surface area contributed by atoms with Gasteiger partial charge in [0.1, 0.15) is 5.60 Å². The van der Waals surface area contributed by atoms with Crippen LogP contribution >= 0.6 is 0 Å². The largest absolute Gasteiger partial charge is 0.396 e. The van der Waals surface area contributed by atoms with Crippen LogP contribution in [-0.4, -0.2) is 47.3 Å². The molecule has 0 bridgehead atoms. The average Bonchev–Trinajstić information content (AvgIpc) is 3.21. The first-order chi connectivity index (χ1) is 11.7. The van der Waals surface area contributed by atoms with Crippen molar-refractivity contribution in [2.24, 2.45) is 0 Å². The monoisotopic (exact) mass is 328 g/mol. The van der Waals surface area contributed by atoms with Crippen LogP contribution in [0.1, 0.15) is 43.9 Å². The van der Waals surface area contributed by atoms with Gasteiger partial charge >= 0.3 is 0 Å². The van der Waals surface area contributed by atoms with Crippen LogP contribution in [0.4, 0.5) is 0 Å². The van der Waals surface area contributed by atoms with Gasteiger partial charge in [-0.3, -0.25) is 0 Å². The molecule has 0 spiro atoms. The smallest absolute Gasteiger partial charge is 0.106 e. The third-order valence-electron chi connectivity index (χ3n) is 5.67. The van der Waals surface area contributed by atoms with Crippen molar-refractivity contribution >= 4 is 10.9 Å². The molecule has 2 aliphatic heterocycles. The molecule has 2 atom stereocenters. The number of aliphatic hydroxyl groups excluding tert-OH is 1. The molecule has 2 unspecified atom stereocenters. The molecule has 0 amide bonds. The van der Waals surface area contributed by atoms with Crippen LogP contribution in [0.25, 0.3) is 10.9 Å². The van der Waals surface area contributed by atoms with E-state index in [1.54, 1.807) is 0 Å². The van der Waals surface area contributed by atoms with Crippen LogP contribution in [0, 0.1) is 0 Å². The van der Waals surface area contributed by atoms with E-state index in [4.69, 9.17) is 4.74 Å². The van der Waals surface area contributed by atoms with Crippen LogP contribution < -0.4 is 0 Å².